The van der Waals surface area contributed by atoms with E-state index < -0.39 is 10.0 Å². The van der Waals surface area contributed by atoms with Crippen molar-refractivity contribution in [1.29, 1.82) is 0 Å². The smallest absolute Gasteiger partial charge is 0.249 e. The minimum Gasteiger partial charge on any atom is -0.382 e. The lowest BCUT2D eigenvalue weighted by atomic mass is 10.3. The monoisotopic (exact) mass is 331 g/mol. The van der Waals surface area contributed by atoms with E-state index >= 15 is 0 Å². The molecule has 3 rings (SSSR count). The third kappa shape index (κ3) is 2.87. The van der Waals surface area contributed by atoms with Crippen molar-refractivity contribution in [3.05, 3.63) is 0 Å². The molecule has 118 valence electrons. The summed E-state index contributed by atoms with van der Waals surface area (Å²) in [6, 6.07) is 1.01. The van der Waals surface area contributed by atoms with E-state index in [-0.39, 0.29) is 16.8 Å². The topological polar surface area (TPSA) is 91.6 Å². The summed E-state index contributed by atoms with van der Waals surface area (Å²) in [5, 5.41) is 3.89. The van der Waals surface area contributed by atoms with Crippen LogP contribution in [0, 0.1) is 0 Å². The standard InChI is InChI=1S/C12H21N5O2S2/c1-16(2)21(18,19)10-11(13)15-20-12(10)14-8-5-6-17(7-8)9-3-4-9/h8-9,14H,3-7H2,1-2H3,(H2,13,15). The van der Waals surface area contributed by atoms with Crippen molar-refractivity contribution in [2.24, 2.45) is 0 Å². The van der Waals surface area contributed by atoms with Crippen molar-refractivity contribution >= 4 is 32.4 Å². The van der Waals surface area contributed by atoms with Crippen LogP contribution in [0.1, 0.15) is 19.3 Å². The molecule has 0 radical (unpaired) electrons. The predicted octanol–water partition coefficient (Wildman–Crippen LogP) is 0.624. The van der Waals surface area contributed by atoms with Gasteiger partial charge in [-0.1, -0.05) is 0 Å². The molecule has 1 unspecified atom stereocenters. The molecular weight excluding hydrogens is 310 g/mol. The summed E-state index contributed by atoms with van der Waals surface area (Å²) >= 11 is 1.12. The molecule has 21 heavy (non-hydrogen) atoms. The minimum atomic E-state index is -3.57. The van der Waals surface area contributed by atoms with Crippen molar-refractivity contribution in [2.45, 2.75) is 36.2 Å². The summed E-state index contributed by atoms with van der Waals surface area (Å²) in [4.78, 5) is 2.59. The fraction of sp³-hybridized carbons (Fsp3) is 0.750. The molecule has 3 N–H and O–H groups in total. The van der Waals surface area contributed by atoms with E-state index in [1.54, 1.807) is 0 Å². The first-order chi connectivity index (χ1) is 9.89. The highest BCUT2D eigenvalue weighted by Crippen LogP contribution is 2.35. The second-order valence-corrected chi connectivity index (χ2v) is 8.73. The average molecular weight is 331 g/mol. The summed E-state index contributed by atoms with van der Waals surface area (Å²) < 4.78 is 29.9. The van der Waals surface area contributed by atoms with E-state index in [0.29, 0.717) is 5.00 Å². The van der Waals surface area contributed by atoms with E-state index in [2.05, 4.69) is 14.6 Å². The summed E-state index contributed by atoms with van der Waals surface area (Å²) in [6.45, 7) is 2.04. The van der Waals surface area contributed by atoms with Crippen LogP contribution >= 0.6 is 11.5 Å². The molecule has 1 aromatic rings. The maximum atomic E-state index is 12.4. The van der Waals surface area contributed by atoms with Gasteiger partial charge in [0.15, 0.2) is 10.7 Å². The van der Waals surface area contributed by atoms with E-state index in [9.17, 15) is 8.42 Å². The number of likely N-dealkylation sites (tertiary alicyclic amines) is 1. The lowest BCUT2D eigenvalue weighted by Gasteiger charge is -2.17. The maximum Gasteiger partial charge on any atom is 0.249 e. The minimum absolute atomic E-state index is 0.0771. The predicted molar refractivity (Wildman–Crippen MR) is 84.0 cm³/mol. The van der Waals surface area contributed by atoms with Gasteiger partial charge in [0.25, 0.3) is 0 Å². The molecule has 1 aromatic heterocycles. The van der Waals surface area contributed by atoms with Gasteiger partial charge in [0.2, 0.25) is 10.0 Å². The number of aromatic nitrogens is 1. The highest BCUT2D eigenvalue weighted by Gasteiger charge is 2.35. The SMILES string of the molecule is CN(C)S(=O)(=O)c1c(N)nsc1NC1CCN(C2CC2)C1. The Morgan fingerprint density at radius 1 is 1.38 bits per heavy atom. The van der Waals surface area contributed by atoms with Gasteiger partial charge in [-0.3, -0.25) is 4.90 Å². The van der Waals surface area contributed by atoms with Crippen LogP contribution in [0.2, 0.25) is 0 Å². The van der Waals surface area contributed by atoms with E-state index in [0.717, 1.165) is 37.1 Å². The number of nitrogens with two attached hydrogens (primary N) is 1. The van der Waals surface area contributed by atoms with Gasteiger partial charge >= 0.3 is 0 Å². The third-order valence-corrected chi connectivity index (χ3v) is 6.84. The third-order valence-electron chi connectivity index (χ3n) is 4.03. The zero-order valence-electron chi connectivity index (χ0n) is 12.2. The Morgan fingerprint density at radius 2 is 2.10 bits per heavy atom. The van der Waals surface area contributed by atoms with Crippen molar-refractivity contribution in [3.63, 3.8) is 0 Å². The Bertz CT molecular complexity index is 624. The summed E-state index contributed by atoms with van der Waals surface area (Å²) in [6.07, 6.45) is 3.61. The molecule has 0 aromatic carbocycles. The molecule has 0 bridgehead atoms. The Kier molecular flexibility index (Phi) is 3.85. The van der Waals surface area contributed by atoms with Crippen LogP contribution in [0.5, 0.6) is 0 Å². The molecule has 9 heteroatoms. The number of sulfonamides is 1. The molecule has 1 saturated heterocycles. The number of anilines is 2. The van der Waals surface area contributed by atoms with Crippen LogP contribution in [-0.4, -0.2) is 61.3 Å². The van der Waals surface area contributed by atoms with Gasteiger partial charge in [-0.25, -0.2) is 12.7 Å². The van der Waals surface area contributed by atoms with Crippen LogP contribution in [0.25, 0.3) is 0 Å². The number of nitrogens with one attached hydrogen (secondary N) is 1. The average Bonchev–Trinajstić information content (AvgIpc) is 3.05. The van der Waals surface area contributed by atoms with E-state index in [1.807, 2.05) is 0 Å². The molecule has 0 amide bonds. The largest absolute Gasteiger partial charge is 0.382 e. The highest BCUT2D eigenvalue weighted by atomic mass is 32.2. The van der Waals surface area contributed by atoms with Gasteiger partial charge in [0, 0.05) is 39.3 Å². The molecule has 1 saturated carbocycles. The van der Waals surface area contributed by atoms with Gasteiger partial charge in [-0.15, -0.1) is 0 Å². The number of rotatable bonds is 5. The first-order valence-electron chi connectivity index (χ1n) is 7.08. The lowest BCUT2D eigenvalue weighted by Crippen LogP contribution is -2.29. The molecule has 0 spiro atoms. The molecule has 1 aliphatic heterocycles. The first-order valence-corrected chi connectivity index (χ1v) is 9.29. The lowest BCUT2D eigenvalue weighted by molar-refractivity contribution is 0.326. The summed E-state index contributed by atoms with van der Waals surface area (Å²) in [7, 11) is -0.573. The second-order valence-electron chi connectivity index (χ2n) is 5.87. The van der Waals surface area contributed by atoms with Gasteiger partial charge < -0.3 is 11.1 Å². The van der Waals surface area contributed by atoms with Crippen LogP contribution in [0.4, 0.5) is 10.8 Å². The van der Waals surface area contributed by atoms with Gasteiger partial charge in [0.05, 0.1) is 0 Å². The Balaban J connectivity index is 1.77. The number of nitrogen functional groups attached to an aromatic ring is 1. The quantitative estimate of drug-likeness (QED) is 0.822. The van der Waals surface area contributed by atoms with Gasteiger partial charge in [-0.05, 0) is 30.8 Å². The van der Waals surface area contributed by atoms with Crippen LogP contribution in [0.15, 0.2) is 4.90 Å². The highest BCUT2D eigenvalue weighted by molar-refractivity contribution is 7.89. The van der Waals surface area contributed by atoms with Gasteiger partial charge in [-0.2, -0.15) is 4.37 Å². The Morgan fingerprint density at radius 3 is 2.71 bits per heavy atom. The molecular formula is C12H21N5O2S2. The summed E-state index contributed by atoms with van der Waals surface area (Å²) in [5.41, 5.74) is 5.77. The zero-order chi connectivity index (χ0) is 15.2. The van der Waals surface area contributed by atoms with Crippen molar-refractivity contribution in [3.8, 4) is 0 Å². The molecule has 1 aliphatic carbocycles. The molecule has 7 nitrogen and oxygen atoms in total. The van der Waals surface area contributed by atoms with Crippen LogP contribution in [-0.2, 0) is 10.0 Å². The van der Waals surface area contributed by atoms with E-state index in [1.165, 1.54) is 31.2 Å². The van der Waals surface area contributed by atoms with Crippen LogP contribution in [0.3, 0.4) is 0 Å². The van der Waals surface area contributed by atoms with Crippen molar-refractivity contribution < 1.29 is 8.42 Å². The Labute approximate surface area is 129 Å². The Hall–Kier alpha value is -0.900. The van der Waals surface area contributed by atoms with Gasteiger partial charge in [0.1, 0.15) is 5.00 Å². The van der Waals surface area contributed by atoms with Crippen molar-refractivity contribution in [1.82, 2.24) is 13.6 Å². The molecule has 1 atom stereocenters. The normalized spacial score (nSPS) is 23.9. The molecule has 2 fully saturated rings. The van der Waals surface area contributed by atoms with E-state index in [4.69, 9.17) is 5.73 Å². The number of hydrogen-bond acceptors (Lipinski definition) is 7. The summed E-state index contributed by atoms with van der Waals surface area (Å²) in [5.74, 6) is 0.0771. The molecule has 2 heterocycles. The molecule has 2 aliphatic rings. The van der Waals surface area contributed by atoms with Crippen LogP contribution < -0.4 is 11.1 Å². The number of nitrogens with zero attached hydrogens (tertiary/aromatic N) is 3. The first kappa shape index (κ1) is 15.0. The fourth-order valence-electron chi connectivity index (χ4n) is 2.68. The fourth-order valence-corrected chi connectivity index (χ4v) is 4.82. The number of hydrogen-bond donors (Lipinski definition) is 2. The zero-order valence-corrected chi connectivity index (χ0v) is 13.9. The maximum absolute atomic E-state index is 12.4. The second kappa shape index (κ2) is 5.38. The van der Waals surface area contributed by atoms with Crippen molar-refractivity contribution in [2.75, 3.05) is 38.2 Å².